The molecule has 4 aliphatic rings. The summed E-state index contributed by atoms with van der Waals surface area (Å²) in [6.07, 6.45) is 1.36. The second-order valence-corrected chi connectivity index (χ2v) is 7.61. The quantitative estimate of drug-likeness (QED) is 0.584. The van der Waals surface area contributed by atoms with Crippen LogP contribution in [-0.4, -0.2) is 42.3 Å². The Morgan fingerprint density at radius 2 is 1.93 bits per heavy atom. The van der Waals surface area contributed by atoms with Crippen LogP contribution >= 0.6 is 0 Å². The van der Waals surface area contributed by atoms with E-state index in [1.165, 1.54) is 12.5 Å². The first-order chi connectivity index (χ1) is 13.0. The van der Waals surface area contributed by atoms with Gasteiger partial charge >= 0.3 is 17.9 Å². The molecule has 0 N–H and O–H groups in total. The maximum Gasteiger partial charge on any atom is 0.318 e. The van der Waals surface area contributed by atoms with Crippen molar-refractivity contribution in [1.82, 2.24) is 0 Å². The molecular weight excluding hydrogens is 352 g/mol. The van der Waals surface area contributed by atoms with Crippen LogP contribution in [0.15, 0.2) is 18.2 Å². The molecule has 142 valence electrons. The maximum atomic E-state index is 13.0. The molecule has 27 heavy (non-hydrogen) atoms. The third kappa shape index (κ3) is 2.48. The monoisotopic (exact) mass is 372 g/mol. The molecule has 6 atom stereocenters. The molecule has 3 aliphatic heterocycles. The lowest BCUT2D eigenvalue weighted by molar-refractivity contribution is -0.159. The molecule has 1 aromatic carbocycles. The van der Waals surface area contributed by atoms with Gasteiger partial charge in [0.1, 0.15) is 29.8 Å². The summed E-state index contributed by atoms with van der Waals surface area (Å²) < 4.78 is 22.2. The summed E-state index contributed by atoms with van der Waals surface area (Å²) in [5, 5.41) is 0. The molecule has 1 aliphatic carbocycles. The van der Waals surface area contributed by atoms with Crippen LogP contribution in [0.5, 0.6) is 5.75 Å². The molecule has 7 heteroatoms. The summed E-state index contributed by atoms with van der Waals surface area (Å²) >= 11 is 0. The van der Waals surface area contributed by atoms with Crippen molar-refractivity contribution >= 4 is 17.9 Å². The first kappa shape index (κ1) is 16.7. The van der Waals surface area contributed by atoms with Gasteiger partial charge in [0.25, 0.3) is 0 Å². The average molecular weight is 372 g/mol. The number of hydrogen-bond donors (Lipinski definition) is 0. The predicted molar refractivity (Wildman–Crippen MR) is 89.8 cm³/mol. The van der Waals surface area contributed by atoms with E-state index in [4.69, 9.17) is 18.9 Å². The lowest BCUT2D eigenvalue weighted by Crippen LogP contribution is -2.48. The van der Waals surface area contributed by atoms with Gasteiger partial charge in [-0.3, -0.25) is 14.4 Å². The Bertz CT molecular complexity index is 832. The molecule has 0 saturated carbocycles. The van der Waals surface area contributed by atoms with E-state index in [0.717, 1.165) is 31.2 Å². The maximum absolute atomic E-state index is 13.0. The molecule has 3 fully saturated rings. The SMILES string of the molecule is CC(=O)OC1C2OC(=O)C3C2OC1C3C(=O)Oc1cccc2c1CCCC2. The van der Waals surface area contributed by atoms with Gasteiger partial charge < -0.3 is 18.9 Å². The Labute approximate surface area is 155 Å². The molecule has 0 aromatic heterocycles. The number of carbonyl (C=O) groups is 3. The molecular formula is C20H20O7. The highest BCUT2D eigenvalue weighted by Crippen LogP contribution is 2.51. The van der Waals surface area contributed by atoms with Gasteiger partial charge in [-0.2, -0.15) is 0 Å². The highest BCUT2D eigenvalue weighted by atomic mass is 16.7. The Kier molecular flexibility index (Phi) is 3.75. The number of aryl methyl sites for hydroxylation is 1. The van der Waals surface area contributed by atoms with Crippen LogP contribution in [0.1, 0.15) is 30.9 Å². The zero-order valence-corrected chi connectivity index (χ0v) is 14.9. The second-order valence-electron chi connectivity index (χ2n) is 7.61. The third-order valence-electron chi connectivity index (χ3n) is 6.04. The molecule has 0 amide bonds. The van der Waals surface area contributed by atoms with E-state index in [9.17, 15) is 14.4 Å². The largest absolute Gasteiger partial charge is 0.456 e. The van der Waals surface area contributed by atoms with Gasteiger partial charge in [-0.15, -0.1) is 0 Å². The van der Waals surface area contributed by atoms with Gasteiger partial charge in [-0.1, -0.05) is 12.1 Å². The fourth-order valence-corrected chi connectivity index (χ4v) is 4.95. The van der Waals surface area contributed by atoms with Crippen molar-refractivity contribution in [1.29, 1.82) is 0 Å². The van der Waals surface area contributed by atoms with Gasteiger partial charge in [-0.05, 0) is 42.9 Å². The molecule has 1 aromatic rings. The molecule has 0 radical (unpaired) electrons. The predicted octanol–water partition coefficient (Wildman–Crippen LogP) is 1.34. The van der Waals surface area contributed by atoms with Crippen LogP contribution < -0.4 is 4.74 Å². The van der Waals surface area contributed by atoms with Crippen molar-refractivity contribution in [2.45, 2.75) is 57.0 Å². The summed E-state index contributed by atoms with van der Waals surface area (Å²) in [7, 11) is 0. The van der Waals surface area contributed by atoms with Crippen molar-refractivity contribution in [3.05, 3.63) is 29.3 Å². The van der Waals surface area contributed by atoms with Gasteiger partial charge in [0, 0.05) is 6.92 Å². The van der Waals surface area contributed by atoms with Gasteiger partial charge in [0.05, 0.1) is 0 Å². The fourth-order valence-electron chi connectivity index (χ4n) is 4.95. The lowest BCUT2D eigenvalue weighted by atomic mass is 9.78. The molecule has 5 rings (SSSR count). The molecule has 7 nitrogen and oxygen atoms in total. The van der Waals surface area contributed by atoms with Crippen molar-refractivity contribution in [3.8, 4) is 5.75 Å². The molecule has 3 heterocycles. The number of ether oxygens (including phenoxy) is 4. The topological polar surface area (TPSA) is 88.1 Å². The summed E-state index contributed by atoms with van der Waals surface area (Å²) in [6.45, 7) is 1.28. The van der Waals surface area contributed by atoms with E-state index in [1.54, 1.807) is 6.07 Å². The Balaban J connectivity index is 1.42. The average Bonchev–Trinajstić information content (AvgIpc) is 3.25. The van der Waals surface area contributed by atoms with Crippen LogP contribution in [0.3, 0.4) is 0 Å². The van der Waals surface area contributed by atoms with E-state index in [0.29, 0.717) is 5.75 Å². The summed E-state index contributed by atoms with van der Waals surface area (Å²) in [6, 6.07) is 5.73. The van der Waals surface area contributed by atoms with E-state index in [1.807, 2.05) is 6.07 Å². The normalized spacial score (nSPS) is 35.5. The van der Waals surface area contributed by atoms with Crippen LogP contribution in [0, 0.1) is 11.8 Å². The Morgan fingerprint density at radius 3 is 2.74 bits per heavy atom. The van der Waals surface area contributed by atoms with E-state index < -0.39 is 54.2 Å². The first-order valence-corrected chi connectivity index (χ1v) is 9.40. The van der Waals surface area contributed by atoms with E-state index in [-0.39, 0.29) is 0 Å². The molecule has 0 spiro atoms. The number of fused-ring (bicyclic) bond motifs is 2. The zero-order valence-electron chi connectivity index (χ0n) is 14.9. The standard InChI is InChI=1S/C20H20O7/c1-9(21)24-17-15-13(14-16(26-15)18(17)27-20(14)23)19(22)25-12-8-4-6-10-5-2-3-7-11(10)12/h4,6,8,13-18H,2-3,5,7H2,1H3. The summed E-state index contributed by atoms with van der Waals surface area (Å²) in [5.41, 5.74) is 2.26. The van der Waals surface area contributed by atoms with E-state index >= 15 is 0 Å². The van der Waals surface area contributed by atoms with Crippen LogP contribution in [-0.2, 0) is 41.4 Å². The Morgan fingerprint density at radius 1 is 1.11 bits per heavy atom. The molecule has 6 unspecified atom stereocenters. The molecule has 3 saturated heterocycles. The number of hydrogen-bond acceptors (Lipinski definition) is 7. The van der Waals surface area contributed by atoms with Crippen LogP contribution in [0.25, 0.3) is 0 Å². The van der Waals surface area contributed by atoms with Crippen molar-refractivity contribution < 1.29 is 33.3 Å². The van der Waals surface area contributed by atoms with Crippen LogP contribution in [0.4, 0.5) is 0 Å². The summed E-state index contributed by atoms with van der Waals surface area (Å²) in [5.74, 6) is -2.49. The highest BCUT2D eigenvalue weighted by molar-refractivity contribution is 5.88. The smallest absolute Gasteiger partial charge is 0.318 e. The van der Waals surface area contributed by atoms with Crippen molar-refractivity contribution in [2.24, 2.45) is 11.8 Å². The van der Waals surface area contributed by atoms with Gasteiger partial charge in [0.2, 0.25) is 0 Å². The second kappa shape index (κ2) is 6.05. The number of carbonyl (C=O) groups excluding carboxylic acids is 3. The summed E-state index contributed by atoms with van der Waals surface area (Å²) in [4.78, 5) is 36.7. The Hall–Kier alpha value is -2.41. The minimum atomic E-state index is -0.829. The highest BCUT2D eigenvalue weighted by Gasteiger charge is 2.72. The third-order valence-corrected chi connectivity index (χ3v) is 6.04. The minimum Gasteiger partial charge on any atom is -0.456 e. The van der Waals surface area contributed by atoms with Gasteiger partial charge in [-0.25, -0.2) is 0 Å². The number of benzene rings is 1. The van der Waals surface area contributed by atoms with E-state index in [2.05, 4.69) is 6.07 Å². The lowest BCUT2D eigenvalue weighted by Gasteiger charge is -2.27. The number of esters is 3. The zero-order chi connectivity index (χ0) is 18.7. The van der Waals surface area contributed by atoms with Crippen molar-refractivity contribution in [2.75, 3.05) is 0 Å². The van der Waals surface area contributed by atoms with Crippen molar-refractivity contribution in [3.63, 3.8) is 0 Å². The van der Waals surface area contributed by atoms with Gasteiger partial charge in [0.15, 0.2) is 12.2 Å². The van der Waals surface area contributed by atoms with Crippen LogP contribution in [0.2, 0.25) is 0 Å². The minimum absolute atomic E-state index is 0.487. The number of rotatable bonds is 3. The fraction of sp³-hybridized carbons (Fsp3) is 0.550. The molecule has 2 bridgehead atoms. The first-order valence-electron chi connectivity index (χ1n) is 9.40.